The van der Waals surface area contributed by atoms with Gasteiger partial charge in [0.05, 0.1) is 11.2 Å². The molecule has 228 valence electrons. The lowest BCUT2D eigenvalue weighted by Crippen LogP contribution is -2.64. The number of carbonyl (C=O) groups excluding carboxylic acids is 4. The molecule has 2 heterocycles. The third-order valence-corrected chi connectivity index (χ3v) is 7.41. The third-order valence-electron chi connectivity index (χ3n) is 7.41. The molecule has 2 aliphatic heterocycles. The van der Waals surface area contributed by atoms with Crippen molar-refractivity contribution in [1.82, 2.24) is 14.9 Å². The largest absolute Gasteiger partial charge is 0.473 e. The maximum absolute atomic E-state index is 14.7. The molecule has 2 aromatic carbocycles. The second kappa shape index (κ2) is 12.1. The summed E-state index contributed by atoms with van der Waals surface area (Å²) in [5, 5.41) is 2.52. The molecule has 0 saturated carbocycles. The molecule has 0 radical (unpaired) electrons. The highest BCUT2D eigenvalue weighted by atomic mass is 16.5. The van der Waals surface area contributed by atoms with Crippen molar-refractivity contribution in [2.75, 3.05) is 6.61 Å². The molecule has 0 spiro atoms. The van der Waals surface area contributed by atoms with Crippen LogP contribution in [0.2, 0.25) is 0 Å². The summed E-state index contributed by atoms with van der Waals surface area (Å²) < 4.78 is 5.74. The lowest BCUT2D eigenvalue weighted by atomic mass is 9.90. The summed E-state index contributed by atoms with van der Waals surface area (Å²) in [4.78, 5) is 62.3. The molecule has 0 bridgehead atoms. The van der Waals surface area contributed by atoms with Crippen LogP contribution in [0.4, 0.5) is 0 Å². The van der Waals surface area contributed by atoms with E-state index in [-0.39, 0.29) is 30.8 Å². The first-order valence-electron chi connectivity index (χ1n) is 14.7. The Balaban J connectivity index is 1.95. The van der Waals surface area contributed by atoms with Crippen molar-refractivity contribution in [2.45, 2.75) is 79.4 Å². The van der Waals surface area contributed by atoms with E-state index in [0.29, 0.717) is 11.3 Å². The van der Waals surface area contributed by atoms with Crippen LogP contribution in [0.3, 0.4) is 0 Å². The monoisotopic (exact) mass is 586 g/mol. The topological polar surface area (TPSA) is 99.6 Å². The van der Waals surface area contributed by atoms with Gasteiger partial charge >= 0.3 is 0 Å². The molecule has 0 saturated heterocycles. The van der Waals surface area contributed by atoms with Gasteiger partial charge in [0, 0.05) is 30.5 Å². The standard InChI is InChI=1S/C34H42N4O5/c1-22(2)28-31(41)38(27(25-17-13-10-14-18-25)20-36(28)32(42)33(4,5)6)37(23(3)39)26(19-24-15-11-9-12-16-24)29(40)30-35-34(7,8)21-43-30/h9-18,20,22,26,28H,19,21H2,1-8H3/t26-,28?/m0/s1. The predicted octanol–water partition coefficient (Wildman–Crippen LogP) is 4.88. The minimum Gasteiger partial charge on any atom is -0.473 e. The van der Waals surface area contributed by atoms with E-state index in [2.05, 4.69) is 4.99 Å². The van der Waals surface area contributed by atoms with Crippen LogP contribution in [0.5, 0.6) is 0 Å². The van der Waals surface area contributed by atoms with Gasteiger partial charge in [-0.1, -0.05) is 95.3 Å². The molecule has 9 nitrogen and oxygen atoms in total. The number of hydrazine groups is 1. The van der Waals surface area contributed by atoms with E-state index in [1.807, 2.05) is 76.2 Å². The smallest absolute Gasteiger partial charge is 0.269 e. The zero-order chi connectivity index (χ0) is 31.7. The molecule has 2 aromatic rings. The first-order valence-corrected chi connectivity index (χ1v) is 14.7. The first kappa shape index (κ1) is 31.7. The SMILES string of the molecule is CC(=O)N([C@@H](Cc1ccccc1)C(=O)C1=NC(C)(C)CO1)N1C(=O)C(C(C)C)N(C(=O)C(C)(C)C)C=C1c1ccccc1. The zero-order valence-corrected chi connectivity index (χ0v) is 26.3. The van der Waals surface area contributed by atoms with E-state index >= 15 is 0 Å². The van der Waals surface area contributed by atoms with Gasteiger partial charge in [0.25, 0.3) is 11.8 Å². The zero-order valence-electron chi connectivity index (χ0n) is 26.3. The molecule has 2 atom stereocenters. The van der Waals surface area contributed by atoms with Crippen molar-refractivity contribution in [3.05, 3.63) is 78.0 Å². The highest BCUT2D eigenvalue weighted by Crippen LogP contribution is 2.35. The van der Waals surface area contributed by atoms with Crippen molar-refractivity contribution in [3.63, 3.8) is 0 Å². The van der Waals surface area contributed by atoms with E-state index in [1.165, 1.54) is 21.8 Å². The molecule has 1 unspecified atom stereocenters. The molecule has 43 heavy (non-hydrogen) atoms. The maximum Gasteiger partial charge on any atom is 0.269 e. The summed E-state index contributed by atoms with van der Waals surface area (Å²) >= 11 is 0. The molecule has 9 heteroatoms. The van der Waals surface area contributed by atoms with Crippen LogP contribution in [0.25, 0.3) is 5.70 Å². The fourth-order valence-electron chi connectivity index (χ4n) is 5.32. The normalized spacial score (nSPS) is 19.0. The fourth-order valence-corrected chi connectivity index (χ4v) is 5.32. The number of benzene rings is 2. The number of ether oxygens (including phenoxy) is 1. The second-order valence-corrected chi connectivity index (χ2v) is 13.1. The molecule has 2 aliphatic rings. The average Bonchev–Trinajstić information content (AvgIpc) is 3.31. The van der Waals surface area contributed by atoms with Crippen molar-refractivity contribution in [1.29, 1.82) is 0 Å². The Kier molecular flexibility index (Phi) is 8.94. The Labute approximate surface area is 254 Å². The van der Waals surface area contributed by atoms with Crippen molar-refractivity contribution >= 4 is 35.1 Å². The molecule has 0 N–H and O–H groups in total. The van der Waals surface area contributed by atoms with Crippen molar-refractivity contribution in [2.24, 2.45) is 16.3 Å². The van der Waals surface area contributed by atoms with Gasteiger partial charge in [-0.15, -0.1) is 0 Å². The van der Waals surface area contributed by atoms with E-state index in [0.717, 1.165) is 5.56 Å². The summed E-state index contributed by atoms with van der Waals surface area (Å²) in [5.41, 5.74) is 0.346. The lowest BCUT2D eigenvalue weighted by molar-refractivity contribution is -0.169. The number of hydrogen-bond donors (Lipinski definition) is 0. The number of Topliss-reactive ketones (excluding diaryl/α,β-unsaturated/α-hetero) is 1. The maximum atomic E-state index is 14.7. The van der Waals surface area contributed by atoms with Gasteiger partial charge in [0.15, 0.2) is 0 Å². The van der Waals surface area contributed by atoms with Gasteiger partial charge in [-0.05, 0) is 25.3 Å². The molecule has 4 rings (SSSR count). The Morgan fingerprint density at radius 2 is 1.60 bits per heavy atom. The second-order valence-electron chi connectivity index (χ2n) is 13.1. The number of hydrogen-bond acceptors (Lipinski definition) is 6. The molecule has 0 aromatic heterocycles. The van der Waals surface area contributed by atoms with Gasteiger partial charge in [0.2, 0.25) is 17.6 Å². The summed E-state index contributed by atoms with van der Waals surface area (Å²) in [5.74, 6) is -2.09. The van der Waals surface area contributed by atoms with E-state index in [9.17, 15) is 19.2 Å². The summed E-state index contributed by atoms with van der Waals surface area (Å²) in [6.07, 6.45) is 1.76. The third kappa shape index (κ3) is 6.71. The Morgan fingerprint density at radius 1 is 1.02 bits per heavy atom. The molecular weight excluding hydrogens is 544 g/mol. The van der Waals surface area contributed by atoms with Crippen molar-refractivity contribution in [3.8, 4) is 0 Å². The van der Waals surface area contributed by atoms with Gasteiger partial charge in [-0.2, -0.15) is 0 Å². The molecule has 0 aliphatic carbocycles. The van der Waals surface area contributed by atoms with Gasteiger partial charge in [0.1, 0.15) is 18.7 Å². The fraction of sp³-hybridized carbons (Fsp3) is 0.441. The van der Waals surface area contributed by atoms with Crippen LogP contribution in [-0.4, -0.2) is 68.5 Å². The number of rotatable bonds is 8. The first-order chi connectivity index (χ1) is 20.1. The van der Waals surface area contributed by atoms with E-state index in [4.69, 9.17) is 4.74 Å². The van der Waals surface area contributed by atoms with Gasteiger partial charge < -0.3 is 9.64 Å². The van der Waals surface area contributed by atoms with Crippen LogP contribution >= 0.6 is 0 Å². The van der Waals surface area contributed by atoms with Crippen LogP contribution in [0, 0.1) is 11.3 Å². The molecule has 3 amide bonds. The minimum atomic E-state index is -1.15. The van der Waals surface area contributed by atoms with Crippen LogP contribution in [0.1, 0.15) is 66.5 Å². The number of nitrogens with zero attached hydrogens (tertiary/aromatic N) is 4. The van der Waals surface area contributed by atoms with E-state index < -0.39 is 40.6 Å². The van der Waals surface area contributed by atoms with Crippen molar-refractivity contribution < 1.29 is 23.9 Å². The van der Waals surface area contributed by atoms with Crippen LogP contribution in [-0.2, 0) is 30.3 Å². The highest BCUT2D eigenvalue weighted by molar-refractivity contribution is 6.39. The van der Waals surface area contributed by atoms with E-state index in [1.54, 1.807) is 39.1 Å². The molecule has 0 fully saturated rings. The minimum absolute atomic E-state index is 0.0724. The number of ketones is 1. The van der Waals surface area contributed by atoms with Crippen LogP contribution < -0.4 is 0 Å². The number of carbonyl (C=O) groups is 4. The Bertz CT molecular complexity index is 1440. The van der Waals surface area contributed by atoms with Gasteiger partial charge in [-0.3, -0.25) is 19.2 Å². The molecular formula is C34H42N4O5. The average molecular weight is 587 g/mol. The van der Waals surface area contributed by atoms with Crippen LogP contribution in [0.15, 0.2) is 71.9 Å². The number of aliphatic imine (C=N–C) groups is 1. The number of amides is 3. The van der Waals surface area contributed by atoms with Gasteiger partial charge in [-0.25, -0.2) is 15.0 Å². The quantitative estimate of drug-likeness (QED) is 0.439. The Hall–Kier alpha value is -4.27. The highest BCUT2D eigenvalue weighted by Gasteiger charge is 2.48. The summed E-state index contributed by atoms with van der Waals surface area (Å²) in [6, 6.07) is 16.3. The summed E-state index contributed by atoms with van der Waals surface area (Å²) in [7, 11) is 0. The Morgan fingerprint density at radius 3 is 2.09 bits per heavy atom. The predicted molar refractivity (Wildman–Crippen MR) is 165 cm³/mol. The summed E-state index contributed by atoms with van der Waals surface area (Å²) in [6.45, 7) is 14.4. The lowest BCUT2D eigenvalue weighted by Gasteiger charge is -2.47.